The number of allylic oxidation sites excluding steroid dienone is 1. The molecule has 0 aromatic carbocycles. The van der Waals surface area contributed by atoms with Gasteiger partial charge in [0.05, 0.1) is 0 Å². The summed E-state index contributed by atoms with van der Waals surface area (Å²) in [7, 11) is 0. The summed E-state index contributed by atoms with van der Waals surface area (Å²) in [6, 6.07) is 5.38. The van der Waals surface area contributed by atoms with Gasteiger partial charge in [-0.15, -0.1) is 0 Å². The predicted molar refractivity (Wildman–Crippen MR) is 115 cm³/mol. The van der Waals surface area contributed by atoms with Crippen LogP contribution in [-0.4, -0.2) is 95.5 Å². The van der Waals surface area contributed by atoms with Crippen molar-refractivity contribution in [2.75, 3.05) is 63.9 Å². The Hall–Kier alpha value is -1.41. The lowest BCUT2D eigenvalue weighted by molar-refractivity contribution is 0.116. The fourth-order valence-corrected chi connectivity index (χ4v) is 5.62. The molecular weight excluding hydrogens is 368 g/mol. The highest BCUT2D eigenvalue weighted by molar-refractivity contribution is 7.99. The molecule has 0 bridgehead atoms. The molecule has 0 atom stereocenters. The number of nitrogens with zero attached hydrogens (tertiary/aromatic N) is 6. The SMILES string of the molecule is CC(C)N1CCC(N2CCN(CCCN3CCSCC3)C2=C(C#N)C#N)CC1. The Balaban J connectivity index is 1.61. The van der Waals surface area contributed by atoms with Crippen LogP contribution >= 0.6 is 11.8 Å². The van der Waals surface area contributed by atoms with Gasteiger partial charge < -0.3 is 19.6 Å². The van der Waals surface area contributed by atoms with E-state index >= 15 is 0 Å². The van der Waals surface area contributed by atoms with E-state index in [0.29, 0.717) is 12.1 Å². The zero-order valence-corrected chi connectivity index (χ0v) is 18.3. The highest BCUT2D eigenvalue weighted by Gasteiger charge is 2.35. The normalized spacial score (nSPS) is 22.5. The van der Waals surface area contributed by atoms with Crippen molar-refractivity contribution in [1.29, 1.82) is 10.5 Å². The van der Waals surface area contributed by atoms with E-state index in [4.69, 9.17) is 0 Å². The highest BCUT2D eigenvalue weighted by Crippen LogP contribution is 2.29. The van der Waals surface area contributed by atoms with Gasteiger partial charge >= 0.3 is 0 Å². The summed E-state index contributed by atoms with van der Waals surface area (Å²) in [6.07, 6.45) is 3.33. The Morgan fingerprint density at radius 3 is 2.29 bits per heavy atom. The maximum absolute atomic E-state index is 9.56. The number of likely N-dealkylation sites (tertiary alicyclic amines) is 1. The molecule has 7 heteroatoms. The van der Waals surface area contributed by atoms with Crippen LogP contribution in [0, 0.1) is 22.7 Å². The maximum atomic E-state index is 9.56. The van der Waals surface area contributed by atoms with Crippen LogP contribution in [0.15, 0.2) is 11.4 Å². The largest absolute Gasteiger partial charge is 0.355 e. The van der Waals surface area contributed by atoms with Crippen LogP contribution in [-0.2, 0) is 0 Å². The lowest BCUT2D eigenvalue weighted by Crippen LogP contribution is -2.46. The number of rotatable bonds is 6. The van der Waals surface area contributed by atoms with E-state index in [9.17, 15) is 10.5 Å². The van der Waals surface area contributed by atoms with Gasteiger partial charge in [0.2, 0.25) is 0 Å². The van der Waals surface area contributed by atoms with Gasteiger partial charge in [-0.05, 0) is 39.7 Å². The first kappa shape index (κ1) is 21.3. The molecule has 0 aliphatic carbocycles. The van der Waals surface area contributed by atoms with E-state index in [1.807, 2.05) is 11.8 Å². The fourth-order valence-electron chi connectivity index (χ4n) is 4.65. The molecule has 6 nitrogen and oxygen atoms in total. The molecule has 0 radical (unpaired) electrons. The molecule has 0 amide bonds. The lowest BCUT2D eigenvalue weighted by Gasteiger charge is -2.40. The van der Waals surface area contributed by atoms with E-state index in [-0.39, 0.29) is 5.57 Å². The minimum absolute atomic E-state index is 0.290. The van der Waals surface area contributed by atoms with Crippen LogP contribution < -0.4 is 0 Å². The second-order valence-corrected chi connectivity index (χ2v) is 9.50. The Labute approximate surface area is 174 Å². The smallest absolute Gasteiger partial charge is 0.169 e. The van der Waals surface area contributed by atoms with E-state index in [0.717, 1.165) is 64.4 Å². The number of hydrogen-bond acceptors (Lipinski definition) is 7. The summed E-state index contributed by atoms with van der Waals surface area (Å²) in [5.74, 6) is 3.39. The molecule has 0 spiro atoms. The summed E-state index contributed by atoms with van der Waals surface area (Å²) in [5, 5.41) is 19.1. The van der Waals surface area contributed by atoms with E-state index < -0.39 is 0 Å². The second-order valence-electron chi connectivity index (χ2n) is 8.27. The van der Waals surface area contributed by atoms with Gasteiger partial charge in [-0.3, -0.25) is 0 Å². The third-order valence-electron chi connectivity index (χ3n) is 6.31. The molecule has 0 aromatic rings. The van der Waals surface area contributed by atoms with Crippen LogP contribution in [0.25, 0.3) is 0 Å². The van der Waals surface area contributed by atoms with Crippen LogP contribution in [0.4, 0.5) is 0 Å². The van der Waals surface area contributed by atoms with Gasteiger partial charge in [0, 0.05) is 69.4 Å². The minimum Gasteiger partial charge on any atom is -0.355 e. The van der Waals surface area contributed by atoms with Crippen molar-refractivity contribution < 1.29 is 0 Å². The molecule has 28 heavy (non-hydrogen) atoms. The monoisotopic (exact) mass is 402 g/mol. The lowest BCUT2D eigenvalue weighted by atomic mass is 10.0. The van der Waals surface area contributed by atoms with Crippen molar-refractivity contribution in [1.82, 2.24) is 19.6 Å². The summed E-state index contributed by atoms with van der Waals surface area (Å²) in [4.78, 5) is 9.75. The number of piperidine rings is 1. The Kier molecular flexibility index (Phi) is 7.91. The van der Waals surface area contributed by atoms with Gasteiger partial charge in [0.1, 0.15) is 18.0 Å². The number of thioether (sulfide) groups is 1. The molecule has 0 N–H and O–H groups in total. The second kappa shape index (κ2) is 10.4. The Morgan fingerprint density at radius 2 is 1.68 bits per heavy atom. The van der Waals surface area contributed by atoms with Crippen molar-refractivity contribution in [3.05, 3.63) is 11.4 Å². The first-order valence-electron chi connectivity index (χ1n) is 10.7. The average Bonchev–Trinajstić information content (AvgIpc) is 3.14. The molecule has 3 fully saturated rings. The standard InChI is InChI=1S/C21H34N6S/c1-18(2)25-8-4-20(5-9-25)27-11-10-26(21(27)19(16-22)17-23)7-3-6-24-12-14-28-15-13-24/h18,20H,3-15H2,1-2H3. The van der Waals surface area contributed by atoms with Crippen LogP contribution in [0.1, 0.15) is 33.1 Å². The third kappa shape index (κ3) is 5.14. The molecule has 3 rings (SSSR count). The van der Waals surface area contributed by atoms with Crippen LogP contribution in [0.2, 0.25) is 0 Å². The molecule has 3 aliphatic rings. The van der Waals surface area contributed by atoms with Gasteiger partial charge in [-0.1, -0.05) is 0 Å². The van der Waals surface area contributed by atoms with Gasteiger partial charge in [0.25, 0.3) is 0 Å². The fraction of sp³-hybridized carbons (Fsp3) is 0.810. The van der Waals surface area contributed by atoms with E-state index in [1.165, 1.54) is 24.6 Å². The van der Waals surface area contributed by atoms with Crippen molar-refractivity contribution in [3.63, 3.8) is 0 Å². The quantitative estimate of drug-likeness (QED) is 0.631. The van der Waals surface area contributed by atoms with Gasteiger partial charge in [0.15, 0.2) is 5.57 Å². The van der Waals surface area contributed by atoms with Gasteiger partial charge in [-0.2, -0.15) is 22.3 Å². The summed E-state index contributed by atoms with van der Waals surface area (Å²) < 4.78 is 0. The van der Waals surface area contributed by atoms with Crippen LogP contribution in [0.5, 0.6) is 0 Å². The molecule has 154 valence electrons. The maximum Gasteiger partial charge on any atom is 0.169 e. The van der Waals surface area contributed by atoms with Crippen molar-refractivity contribution in [3.8, 4) is 12.1 Å². The van der Waals surface area contributed by atoms with Crippen LogP contribution in [0.3, 0.4) is 0 Å². The topological polar surface area (TPSA) is 60.5 Å². The first-order chi connectivity index (χ1) is 13.6. The number of hydrogen-bond donors (Lipinski definition) is 0. The average molecular weight is 403 g/mol. The zero-order chi connectivity index (χ0) is 19.9. The van der Waals surface area contributed by atoms with E-state index in [2.05, 4.69) is 45.6 Å². The molecule has 0 unspecified atom stereocenters. The molecule has 0 saturated carbocycles. The van der Waals surface area contributed by atoms with Crippen molar-refractivity contribution >= 4 is 11.8 Å². The van der Waals surface area contributed by atoms with Gasteiger partial charge in [-0.25, -0.2) is 0 Å². The molecule has 0 aromatic heterocycles. The Bertz CT molecular complexity index is 604. The molecule has 3 saturated heterocycles. The summed E-state index contributed by atoms with van der Waals surface area (Å²) >= 11 is 2.04. The molecule has 3 heterocycles. The molecular formula is C21H34N6S. The Morgan fingerprint density at radius 1 is 1.00 bits per heavy atom. The van der Waals surface area contributed by atoms with Crippen molar-refractivity contribution in [2.45, 2.75) is 45.2 Å². The minimum atomic E-state index is 0.290. The summed E-state index contributed by atoms with van der Waals surface area (Å²) in [6.45, 7) is 13.0. The highest BCUT2D eigenvalue weighted by atomic mass is 32.2. The van der Waals surface area contributed by atoms with Crippen molar-refractivity contribution in [2.24, 2.45) is 0 Å². The predicted octanol–water partition coefficient (Wildman–Crippen LogP) is 2.17. The first-order valence-corrected chi connectivity index (χ1v) is 11.9. The number of nitriles is 2. The van der Waals surface area contributed by atoms with E-state index in [1.54, 1.807) is 0 Å². The third-order valence-corrected chi connectivity index (χ3v) is 7.25. The zero-order valence-electron chi connectivity index (χ0n) is 17.4. The summed E-state index contributed by atoms with van der Waals surface area (Å²) in [5.41, 5.74) is 0.290. The molecule has 3 aliphatic heterocycles.